The van der Waals surface area contributed by atoms with Crippen LogP contribution in [0, 0.1) is 0 Å². The van der Waals surface area contributed by atoms with E-state index in [2.05, 4.69) is 6.92 Å². The van der Waals surface area contributed by atoms with E-state index in [-0.39, 0.29) is 25.2 Å². The number of carbonyl (C=O) groups excluding carboxylic acids is 2. The lowest BCUT2D eigenvalue weighted by Crippen LogP contribution is -2.16. The molecule has 0 N–H and O–H groups in total. The molecule has 0 unspecified atom stereocenters. The summed E-state index contributed by atoms with van der Waals surface area (Å²) in [5.41, 5.74) is 0.522. The summed E-state index contributed by atoms with van der Waals surface area (Å²) >= 11 is 0. The number of benzene rings is 1. The van der Waals surface area contributed by atoms with E-state index in [4.69, 9.17) is 61.6 Å². The monoisotopic (exact) mass is 762 g/mol. The van der Waals surface area contributed by atoms with Crippen LogP contribution in [0.1, 0.15) is 49.4 Å². The van der Waals surface area contributed by atoms with E-state index in [1.165, 1.54) is 0 Å². The number of carbonyl (C=O) groups is 2. The smallest absolute Gasteiger partial charge is 0.338 e. The first-order valence-corrected chi connectivity index (χ1v) is 19.0. The van der Waals surface area contributed by atoms with Gasteiger partial charge in [-0.15, -0.1) is 0 Å². The molecule has 15 heteroatoms. The van der Waals surface area contributed by atoms with Crippen molar-refractivity contribution in [1.82, 2.24) is 0 Å². The Bertz CT molecular complexity index is 909. The fourth-order valence-electron chi connectivity index (χ4n) is 4.13. The molecule has 308 valence electrons. The number of rotatable bonds is 42. The van der Waals surface area contributed by atoms with Gasteiger partial charge in [-0.2, -0.15) is 0 Å². The van der Waals surface area contributed by atoms with Crippen LogP contribution < -0.4 is 0 Å². The molecule has 0 spiro atoms. The average Bonchev–Trinajstić information content (AvgIpc) is 3.18. The first-order valence-electron chi connectivity index (χ1n) is 19.0. The molecule has 0 radical (unpaired) electrons. The van der Waals surface area contributed by atoms with Crippen LogP contribution in [-0.2, 0) is 66.4 Å². The van der Waals surface area contributed by atoms with Crippen LogP contribution >= 0.6 is 0 Å². The summed E-state index contributed by atoms with van der Waals surface area (Å²) in [4.78, 5) is 23.3. The molecular formula is C38H66O15. The van der Waals surface area contributed by atoms with E-state index in [0.29, 0.717) is 157 Å². The normalized spacial score (nSPS) is 11.3. The van der Waals surface area contributed by atoms with E-state index in [1.54, 1.807) is 24.3 Å². The third-order valence-corrected chi connectivity index (χ3v) is 6.92. The van der Waals surface area contributed by atoms with Crippen molar-refractivity contribution in [3.05, 3.63) is 35.9 Å². The molecule has 1 rings (SSSR count). The highest BCUT2D eigenvalue weighted by molar-refractivity contribution is 5.89. The minimum Gasteiger partial charge on any atom is -0.463 e. The van der Waals surface area contributed by atoms with Crippen molar-refractivity contribution >= 4 is 11.9 Å². The fraction of sp³-hybridized carbons (Fsp3) is 0.789. The number of hydrogen-bond donors (Lipinski definition) is 0. The zero-order valence-electron chi connectivity index (χ0n) is 32.0. The van der Waals surface area contributed by atoms with Crippen molar-refractivity contribution in [2.24, 2.45) is 0 Å². The van der Waals surface area contributed by atoms with E-state index in [0.717, 1.165) is 25.7 Å². The fourth-order valence-corrected chi connectivity index (χ4v) is 4.13. The molecule has 0 aliphatic rings. The molecule has 0 saturated carbocycles. The van der Waals surface area contributed by atoms with Gasteiger partial charge < -0.3 is 61.6 Å². The second-order valence-corrected chi connectivity index (χ2v) is 11.3. The van der Waals surface area contributed by atoms with Crippen LogP contribution in [0.5, 0.6) is 0 Å². The first kappa shape index (κ1) is 48.7. The van der Waals surface area contributed by atoms with Crippen LogP contribution in [0.15, 0.2) is 30.3 Å². The van der Waals surface area contributed by atoms with Gasteiger partial charge in [0.15, 0.2) is 0 Å². The molecule has 15 nitrogen and oxygen atoms in total. The summed E-state index contributed by atoms with van der Waals surface area (Å²) < 4.78 is 70.3. The zero-order chi connectivity index (χ0) is 38.0. The third kappa shape index (κ3) is 36.5. The van der Waals surface area contributed by atoms with Crippen LogP contribution in [0.25, 0.3) is 0 Å². The molecule has 1 aromatic carbocycles. The second kappa shape index (κ2) is 40.9. The standard InChI is InChI=1S/C38H66O15/c1-2-3-4-8-11-37(39)52-34-32-50-30-28-48-26-24-46-22-20-44-18-16-42-14-12-41-13-15-43-17-19-45-21-23-47-25-27-49-29-31-51-33-35-53-38(40)36-9-6-5-7-10-36/h5-7,9-10H,2-4,8,11-35H2,1H3. The van der Waals surface area contributed by atoms with Gasteiger partial charge in [-0.05, 0) is 18.6 Å². The van der Waals surface area contributed by atoms with Gasteiger partial charge in [0.1, 0.15) is 13.2 Å². The van der Waals surface area contributed by atoms with Crippen LogP contribution in [0.2, 0.25) is 0 Å². The summed E-state index contributed by atoms with van der Waals surface area (Å²) in [6.45, 7) is 12.8. The van der Waals surface area contributed by atoms with Crippen molar-refractivity contribution in [2.45, 2.75) is 39.0 Å². The lowest BCUT2D eigenvalue weighted by Gasteiger charge is -2.09. The zero-order valence-corrected chi connectivity index (χ0v) is 32.0. The molecule has 0 aliphatic heterocycles. The van der Waals surface area contributed by atoms with Crippen molar-refractivity contribution in [1.29, 1.82) is 0 Å². The highest BCUT2D eigenvalue weighted by Crippen LogP contribution is 2.03. The topological polar surface area (TPSA) is 154 Å². The summed E-state index contributed by atoms with van der Waals surface area (Å²) in [7, 11) is 0. The van der Waals surface area contributed by atoms with E-state index >= 15 is 0 Å². The molecular weight excluding hydrogens is 696 g/mol. The van der Waals surface area contributed by atoms with Gasteiger partial charge in [-0.3, -0.25) is 4.79 Å². The van der Waals surface area contributed by atoms with Crippen molar-refractivity contribution < 1.29 is 71.2 Å². The van der Waals surface area contributed by atoms with E-state index in [1.807, 2.05) is 6.07 Å². The van der Waals surface area contributed by atoms with E-state index in [9.17, 15) is 9.59 Å². The maximum atomic E-state index is 11.8. The summed E-state index contributed by atoms with van der Waals surface area (Å²) in [6.07, 6.45) is 4.74. The molecule has 0 saturated heterocycles. The van der Waals surface area contributed by atoms with Gasteiger partial charge >= 0.3 is 11.9 Å². The van der Waals surface area contributed by atoms with Crippen LogP contribution in [0.4, 0.5) is 0 Å². The highest BCUT2D eigenvalue weighted by Gasteiger charge is 2.05. The Hall–Kier alpha value is -2.28. The average molecular weight is 763 g/mol. The summed E-state index contributed by atoms with van der Waals surface area (Å²) in [5.74, 6) is -0.516. The Kier molecular flexibility index (Phi) is 37.6. The van der Waals surface area contributed by atoms with Crippen LogP contribution in [-0.4, -0.2) is 171 Å². The van der Waals surface area contributed by atoms with Gasteiger partial charge in [0.25, 0.3) is 0 Å². The van der Waals surface area contributed by atoms with Crippen molar-refractivity contribution in [3.63, 3.8) is 0 Å². The number of unbranched alkanes of at least 4 members (excludes halogenated alkanes) is 3. The van der Waals surface area contributed by atoms with Crippen molar-refractivity contribution in [3.8, 4) is 0 Å². The molecule has 53 heavy (non-hydrogen) atoms. The highest BCUT2D eigenvalue weighted by atomic mass is 16.6. The molecule has 0 atom stereocenters. The maximum absolute atomic E-state index is 11.8. The lowest BCUT2D eigenvalue weighted by molar-refractivity contribution is -0.145. The first-order chi connectivity index (χ1) is 26.2. The molecule has 1 aromatic rings. The van der Waals surface area contributed by atoms with Gasteiger partial charge in [0.2, 0.25) is 0 Å². The molecule has 0 heterocycles. The number of ether oxygens (including phenoxy) is 13. The van der Waals surface area contributed by atoms with Crippen molar-refractivity contribution in [2.75, 3.05) is 159 Å². The maximum Gasteiger partial charge on any atom is 0.338 e. The van der Waals surface area contributed by atoms with Gasteiger partial charge in [-0.25, -0.2) is 4.79 Å². The predicted octanol–water partition coefficient (Wildman–Crippen LogP) is 3.54. The Morgan fingerprint density at radius 2 is 0.679 bits per heavy atom. The molecule has 0 aliphatic carbocycles. The number of hydrogen-bond acceptors (Lipinski definition) is 15. The van der Waals surface area contributed by atoms with Gasteiger partial charge in [0.05, 0.1) is 151 Å². The molecule has 0 bridgehead atoms. The Morgan fingerprint density at radius 3 is 1.00 bits per heavy atom. The summed E-state index contributed by atoms with van der Waals surface area (Å²) in [5, 5.41) is 0. The third-order valence-electron chi connectivity index (χ3n) is 6.92. The Balaban J connectivity index is 1.63. The quantitative estimate of drug-likeness (QED) is 0.0704. The Morgan fingerprint density at radius 1 is 0.377 bits per heavy atom. The van der Waals surface area contributed by atoms with E-state index < -0.39 is 0 Å². The second-order valence-electron chi connectivity index (χ2n) is 11.3. The SMILES string of the molecule is CCCCCCC(=O)OCCOCCOCCOCCOCCOCCOCCOCCOCCOCCOCCOCCOC(=O)c1ccccc1. The summed E-state index contributed by atoms with van der Waals surface area (Å²) in [6, 6.07) is 8.84. The van der Waals surface area contributed by atoms with Gasteiger partial charge in [0, 0.05) is 6.42 Å². The molecule has 0 aromatic heterocycles. The predicted molar refractivity (Wildman–Crippen MR) is 195 cm³/mol. The molecule has 0 amide bonds. The Labute approximate surface area is 316 Å². The molecule has 0 fully saturated rings. The number of esters is 2. The van der Waals surface area contributed by atoms with Crippen LogP contribution in [0.3, 0.4) is 0 Å². The minimum absolute atomic E-state index is 0.157. The lowest BCUT2D eigenvalue weighted by atomic mass is 10.2. The van der Waals surface area contributed by atoms with Gasteiger partial charge in [-0.1, -0.05) is 44.4 Å². The minimum atomic E-state index is -0.360. The largest absolute Gasteiger partial charge is 0.463 e.